The van der Waals surface area contributed by atoms with Crippen molar-refractivity contribution in [2.75, 3.05) is 32.7 Å². The van der Waals surface area contributed by atoms with E-state index >= 15 is 0 Å². The first-order valence-electron chi connectivity index (χ1n) is 10.3. The van der Waals surface area contributed by atoms with Crippen LogP contribution >= 0.6 is 0 Å². The summed E-state index contributed by atoms with van der Waals surface area (Å²) in [5.74, 6) is 2.30. The molecule has 1 aliphatic rings. The highest BCUT2D eigenvalue weighted by molar-refractivity contribution is 5.80. The van der Waals surface area contributed by atoms with Crippen molar-refractivity contribution in [3.05, 3.63) is 35.7 Å². The number of amides is 1. The van der Waals surface area contributed by atoms with Crippen molar-refractivity contribution >= 4 is 11.9 Å². The monoisotopic (exact) mass is 398 g/mol. The number of nitrogens with one attached hydrogen (secondary N) is 1. The summed E-state index contributed by atoms with van der Waals surface area (Å²) < 4.78 is 5.40. The van der Waals surface area contributed by atoms with Crippen LogP contribution in [0.15, 0.2) is 33.8 Å². The third-order valence-corrected chi connectivity index (χ3v) is 4.89. The van der Waals surface area contributed by atoms with Crippen molar-refractivity contribution < 1.29 is 9.32 Å². The maximum atomic E-state index is 11.5. The quantitative estimate of drug-likeness (QED) is 0.594. The molecule has 8 heteroatoms. The molecule has 8 nitrogen and oxygen atoms in total. The number of aromatic nitrogens is 2. The van der Waals surface area contributed by atoms with Crippen LogP contribution in [0.5, 0.6) is 0 Å². The number of carbonyl (C=O) groups is 1. The number of rotatable bonds is 6. The van der Waals surface area contributed by atoms with Gasteiger partial charge in [0.1, 0.15) is 0 Å². The molecule has 1 N–H and O–H groups in total. The summed E-state index contributed by atoms with van der Waals surface area (Å²) in [7, 11) is 0. The van der Waals surface area contributed by atoms with Gasteiger partial charge in [-0.3, -0.25) is 4.79 Å². The number of nitrogens with zero attached hydrogens (tertiary/aromatic N) is 5. The molecule has 29 heavy (non-hydrogen) atoms. The molecular weight excluding hydrogens is 368 g/mol. The summed E-state index contributed by atoms with van der Waals surface area (Å²) in [4.78, 5) is 24.9. The highest BCUT2D eigenvalue weighted by atomic mass is 16.5. The molecule has 0 unspecified atom stereocenters. The number of guanidine groups is 1. The third-order valence-electron chi connectivity index (χ3n) is 4.89. The molecule has 0 atom stereocenters. The number of hydrogen-bond donors (Lipinski definition) is 1. The van der Waals surface area contributed by atoms with Crippen LogP contribution in [0.3, 0.4) is 0 Å². The molecule has 0 aliphatic carbocycles. The summed E-state index contributed by atoms with van der Waals surface area (Å²) in [5.41, 5.74) is 1.99. The Morgan fingerprint density at radius 2 is 1.97 bits per heavy atom. The highest BCUT2D eigenvalue weighted by Crippen LogP contribution is 2.19. The summed E-state index contributed by atoms with van der Waals surface area (Å²) in [6.07, 6.45) is 1.80. The van der Waals surface area contributed by atoms with Gasteiger partial charge in [0.2, 0.25) is 5.91 Å². The Balaban J connectivity index is 1.68. The van der Waals surface area contributed by atoms with Crippen LogP contribution in [0.1, 0.15) is 38.6 Å². The van der Waals surface area contributed by atoms with E-state index in [0.29, 0.717) is 12.4 Å². The molecule has 2 aromatic rings. The van der Waals surface area contributed by atoms with E-state index in [2.05, 4.69) is 34.2 Å². The van der Waals surface area contributed by atoms with Gasteiger partial charge in [-0.15, -0.1) is 0 Å². The minimum atomic E-state index is 0.131. The zero-order valence-corrected chi connectivity index (χ0v) is 17.5. The maximum Gasteiger partial charge on any atom is 0.257 e. The lowest BCUT2D eigenvalue weighted by atomic mass is 10.1. The lowest BCUT2D eigenvalue weighted by Gasteiger charge is -2.36. The van der Waals surface area contributed by atoms with Gasteiger partial charge in [-0.1, -0.05) is 24.2 Å². The predicted octanol–water partition coefficient (Wildman–Crippen LogP) is 2.32. The van der Waals surface area contributed by atoms with Gasteiger partial charge in [0.25, 0.3) is 5.89 Å². The highest BCUT2D eigenvalue weighted by Gasteiger charge is 2.20. The molecule has 1 amide bonds. The van der Waals surface area contributed by atoms with Crippen molar-refractivity contribution in [2.45, 2.75) is 40.2 Å². The van der Waals surface area contributed by atoms with Gasteiger partial charge in [0.05, 0.1) is 6.54 Å². The van der Waals surface area contributed by atoms with Gasteiger partial charge < -0.3 is 19.6 Å². The Kier molecular flexibility index (Phi) is 7.21. The van der Waals surface area contributed by atoms with Crippen LogP contribution in [0, 0.1) is 0 Å². The number of benzene rings is 1. The molecule has 3 rings (SSSR count). The van der Waals surface area contributed by atoms with Crippen molar-refractivity contribution in [2.24, 2.45) is 4.99 Å². The van der Waals surface area contributed by atoms with Crippen LogP contribution < -0.4 is 5.32 Å². The van der Waals surface area contributed by atoms with Crippen LogP contribution in [0.25, 0.3) is 11.5 Å². The van der Waals surface area contributed by atoms with E-state index in [9.17, 15) is 4.79 Å². The van der Waals surface area contributed by atoms with Gasteiger partial charge in [0.15, 0.2) is 11.8 Å². The molecule has 1 aromatic heterocycles. The van der Waals surface area contributed by atoms with E-state index in [4.69, 9.17) is 9.52 Å². The first kappa shape index (κ1) is 20.8. The van der Waals surface area contributed by atoms with Crippen molar-refractivity contribution in [3.8, 4) is 11.5 Å². The van der Waals surface area contributed by atoms with Crippen molar-refractivity contribution in [3.63, 3.8) is 0 Å². The summed E-state index contributed by atoms with van der Waals surface area (Å²) in [6.45, 7) is 10.2. The molecule has 0 spiro atoms. The topological polar surface area (TPSA) is 86.9 Å². The Bertz CT molecular complexity index is 839. The van der Waals surface area contributed by atoms with E-state index in [1.54, 1.807) is 6.92 Å². The van der Waals surface area contributed by atoms with E-state index in [1.807, 2.05) is 29.2 Å². The molecule has 2 heterocycles. The molecular formula is C21H30N6O2. The van der Waals surface area contributed by atoms with Crippen molar-refractivity contribution in [1.82, 2.24) is 25.3 Å². The molecule has 0 radical (unpaired) electrons. The van der Waals surface area contributed by atoms with Gasteiger partial charge in [-0.25, -0.2) is 4.99 Å². The van der Waals surface area contributed by atoms with Crippen LogP contribution in [-0.2, 0) is 17.8 Å². The number of hydrogen-bond acceptors (Lipinski definition) is 5. The summed E-state index contributed by atoms with van der Waals surface area (Å²) in [5, 5.41) is 7.39. The van der Waals surface area contributed by atoms with Gasteiger partial charge in [0, 0.05) is 51.6 Å². The molecule has 0 saturated carbocycles. The van der Waals surface area contributed by atoms with E-state index < -0.39 is 0 Å². The number of carbonyl (C=O) groups excluding carboxylic acids is 1. The Labute approximate surface area is 172 Å². The summed E-state index contributed by atoms with van der Waals surface area (Å²) in [6, 6.07) is 8.06. The Morgan fingerprint density at radius 3 is 2.66 bits per heavy atom. The smallest absolute Gasteiger partial charge is 0.257 e. The lowest BCUT2D eigenvalue weighted by molar-refractivity contribution is -0.130. The Hall–Kier alpha value is -2.90. The third kappa shape index (κ3) is 5.56. The van der Waals surface area contributed by atoms with E-state index in [0.717, 1.165) is 68.5 Å². The average Bonchev–Trinajstić information content (AvgIpc) is 3.20. The molecule has 0 bridgehead atoms. The van der Waals surface area contributed by atoms with Gasteiger partial charge >= 0.3 is 0 Å². The molecule has 1 aliphatic heterocycles. The lowest BCUT2D eigenvalue weighted by Crippen LogP contribution is -2.53. The fraction of sp³-hybridized carbons (Fsp3) is 0.524. The largest absolute Gasteiger partial charge is 0.357 e. The fourth-order valence-electron chi connectivity index (χ4n) is 3.32. The average molecular weight is 399 g/mol. The van der Waals surface area contributed by atoms with Crippen LogP contribution in [-0.4, -0.2) is 64.5 Å². The second-order valence-electron chi connectivity index (χ2n) is 7.13. The fourth-order valence-corrected chi connectivity index (χ4v) is 3.32. The minimum Gasteiger partial charge on any atom is -0.357 e. The summed E-state index contributed by atoms with van der Waals surface area (Å²) >= 11 is 0. The predicted molar refractivity (Wildman–Crippen MR) is 112 cm³/mol. The zero-order valence-electron chi connectivity index (χ0n) is 17.5. The SMILES string of the molecule is CCCc1noc(-c2cccc(CN=C(NCC)N3CCN(C(C)=O)CC3)c2)n1. The number of piperazine rings is 1. The first-order valence-corrected chi connectivity index (χ1v) is 10.3. The normalized spacial score (nSPS) is 14.9. The van der Waals surface area contributed by atoms with Crippen molar-refractivity contribution in [1.29, 1.82) is 0 Å². The standard InChI is InChI=1S/C21H30N6O2/c1-4-7-19-24-20(29-25-19)18-9-6-8-17(14-18)15-23-21(22-5-2)27-12-10-26(11-13-27)16(3)28/h6,8-9,14H,4-5,7,10-13,15H2,1-3H3,(H,22,23). The Morgan fingerprint density at radius 1 is 1.21 bits per heavy atom. The maximum absolute atomic E-state index is 11.5. The van der Waals surface area contributed by atoms with E-state index in [-0.39, 0.29) is 5.91 Å². The second-order valence-corrected chi connectivity index (χ2v) is 7.13. The van der Waals surface area contributed by atoms with E-state index in [1.165, 1.54) is 0 Å². The first-order chi connectivity index (χ1) is 14.1. The number of aliphatic imine (C=N–C) groups is 1. The molecule has 156 valence electrons. The molecule has 1 aromatic carbocycles. The molecule has 1 saturated heterocycles. The number of aryl methyl sites for hydroxylation is 1. The molecule has 1 fully saturated rings. The van der Waals surface area contributed by atoms with Crippen LogP contribution in [0.4, 0.5) is 0 Å². The van der Waals surface area contributed by atoms with Gasteiger partial charge in [-0.2, -0.15) is 4.98 Å². The zero-order chi connectivity index (χ0) is 20.6. The van der Waals surface area contributed by atoms with Crippen LogP contribution in [0.2, 0.25) is 0 Å². The van der Waals surface area contributed by atoms with Gasteiger partial charge in [-0.05, 0) is 31.0 Å². The second kappa shape index (κ2) is 10.0. The minimum absolute atomic E-state index is 0.131.